The normalized spacial score (nSPS) is 10.6. The van der Waals surface area contributed by atoms with E-state index in [9.17, 15) is 9.59 Å². The van der Waals surface area contributed by atoms with Crippen molar-refractivity contribution in [2.75, 3.05) is 13.2 Å². The number of carbonyl (C=O) groups excluding carboxylic acids is 2. The minimum Gasteiger partial charge on any atom is -0.489 e. The molecule has 190 valence electrons. The third-order valence-electron chi connectivity index (χ3n) is 4.94. The second-order valence-corrected chi connectivity index (χ2v) is 8.79. The molecule has 0 radical (unpaired) electrons. The Labute approximate surface area is 228 Å². The third kappa shape index (κ3) is 6.77. The Balaban J connectivity index is 1.70. The van der Waals surface area contributed by atoms with Crippen molar-refractivity contribution in [2.24, 2.45) is 0 Å². The molecule has 3 rings (SSSR count). The lowest BCUT2D eigenvalue weighted by Crippen LogP contribution is -2.06. The molecule has 0 N–H and O–H groups in total. The van der Waals surface area contributed by atoms with Crippen LogP contribution in [0.25, 0.3) is 0 Å². The lowest BCUT2D eigenvalue weighted by atomic mass is 10.1. The van der Waals surface area contributed by atoms with Crippen LogP contribution in [0.15, 0.2) is 48.5 Å². The molecule has 36 heavy (non-hydrogen) atoms. The lowest BCUT2D eigenvalue weighted by Gasteiger charge is -2.17. The van der Waals surface area contributed by atoms with Gasteiger partial charge in [-0.25, -0.2) is 9.59 Å². The van der Waals surface area contributed by atoms with Crippen molar-refractivity contribution in [3.05, 3.63) is 90.9 Å². The molecule has 10 heteroatoms. The highest BCUT2D eigenvalue weighted by atomic mass is 35.5. The molecular formula is C26H22Cl4O6. The van der Waals surface area contributed by atoms with E-state index in [1.165, 1.54) is 0 Å². The van der Waals surface area contributed by atoms with Gasteiger partial charge in [-0.2, -0.15) is 0 Å². The van der Waals surface area contributed by atoms with Gasteiger partial charge in [-0.3, -0.25) is 0 Å². The molecule has 0 aliphatic heterocycles. The van der Waals surface area contributed by atoms with Gasteiger partial charge in [-0.15, -0.1) is 0 Å². The van der Waals surface area contributed by atoms with Crippen LogP contribution in [-0.2, 0) is 22.7 Å². The summed E-state index contributed by atoms with van der Waals surface area (Å²) < 4.78 is 21.5. The summed E-state index contributed by atoms with van der Waals surface area (Å²) in [5.74, 6) is 0.144. The standard InChI is InChI=1S/C26H22Cl4O6/c1-3-33-25(31)15-5-9-17(10-6-15)35-13-19-21(27)23(29)20(24(30)22(19)28)14-36-18-11-7-16(8-12-18)26(32)34-4-2/h5-12H,3-4,13-14H2,1-2H3. The molecule has 0 bridgehead atoms. The fourth-order valence-electron chi connectivity index (χ4n) is 3.09. The first-order chi connectivity index (χ1) is 17.3. The zero-order valence-corrected chi connectivity index (χ0v) is 22.4. The van der Waals surface area contributed by atoms with E-state index < -0.39 is 11.9 Å². The van der Waals surface area contributed by atoms with Crippen LogP contribution in [0.4, 0.5) is 0 Å². The highest BCUT2D eigenvalue weighted by molar-refractivity contribution is 6.48. The summed E-state index contributed by atoms with van der Waals surface area (Å²) in [5, 5.41) is 0.742. The van der Waals surface area contributed by atoms with Crippen molar-refractivity contribution in [1.82, 2.24) is 0 Å². The quantitative estimate of drug-likeness (QED) is 0.182. The monoisotopic (exact) mass is 570 g/mol. The van der Waals surface area contributed by atoms with Gasteiger partial charge in [-0.05, 0) is 62.4 Å². The summed E-state index contributed by atoms with van der Waals surface area (Å²) >= 11 is 25.9. The molecule has 0 fully saturated rings. The third-order valence-corrected chi connectivity index (χ3v) is 6.80. The number of carbonyl (C=O) groups is 2. The van der Waals surface area contributed by atoms with Crippen molar-refractivity contribution in [1.29, 1.82) is 0 Å². The van der Waals surface area contributed by atoms with E-state index in [1.807, 2.05) is 0 Å². The Bertz CT molecular complexity index is 1100. The number of rotatable bonds is 10. The van der Waals surface area contributed by atoms with Crippen LogP contribution in [0, 0.1) is 0 Å². The topological polar surface area (TPSA) is 71.1 Å². The van der Waals surface area contributed by atoms with Crippen LogP contribution >= 0.6 is 46.4 Å². The Kier molecular flexibility index (Phi) is 10.1. The maximum atomic E-state index is 11.8. The van der Waals surface area contributed by atoms with Crippen molar-refractivity contribution in [3.63, 3.8) is 0 Å². The summed E-state index contributed by atoms with van der Waals surface area (Å²) in [6, 6.07) is 12.9. The van der Waals surface area contributed by atoms with Crippen LogP contribution in [0.2, 0.25) is 20.1 Å². The zero-order chi connectivity index (χ0) is 26.2. The number of hydrogen-bond donors (Lipinski definition) is 0. The van der Waals surface area contributed by atoms with E-state index >= 15 is 0 Å². The highest BCUT2D eigenvalue weighted by Crippen LogP contribution is 2.42. The molecule has 0 aliphatic carbocycles. The van der Waals surface area contributed by atoms with E-state index in [2.05, 4.69) is 0 Å². The van der Waals surface area contributed by atoms with Crippen molar-refractivity contribution >= 4 is 58.3 Å². The highest BCUT2D eigenvalue weighted by Gasteiger charge is 2.21. The first-order valence-electron chi connectivity index (χ1n) is 10.9. The Morgan fingerprint density at radius 1 is 0.583 bits per heavy atom. The Morgan fingerprint density at radius 3 is 1.17 bits per heavy atom. The van der Waals surface area contributed by atoms with E-state index in [1.54, 1.807) is 62.4 Å². The summed E-state index contributed by atoms with van der Waals surface area (Å²) in [6.45, 7) is 4.04. The molecule has 6 nitrogen and oxygen atoms in total. The molecule has 0 atom stereocenters. The summed E-state index contributed by atoms with van der Waals surface area (Å²) in [7, 11) is 0. The number of esters is 2. The summed E-state index contributed by atoms with van der Waals surface area (Å²) in [6.07, 6.45) is 0. The van der Waals surface area contributed by atoms with Crippen molar-refractivity contribution in [3.8, 4) is 11.5 Å². The second kappa shape index (κ2) is 13.1. The van der Waals surface area contributed by atoms with E-state index in [-0.39, 0.29) is 33.3 Å². The van der Waals surface area contributed by atoms with E-state index in [4.69, 9.17) is 65.4 Å². The molecular weight excluding hydrogens is 550 g/mol. The van der Waals surface area contributed by atoms with Gasteiger partial charge >= 0.3 is 11.9 Å². The van der Waals surface area contributed by atoms with Gasteiger partial charge < -0.3 is 18.9 Å². The predicted octanol–water partition coefficient (Wildman–Crippen LogP) is 7.81. The number of benzene rings is 3. The molecule has 0 spiro atoms. The second-order valence-electron chi connectivity index (χ2n) is 7.28. The van der Waals surface area contributed by atoms with E-state index in [0.29, 0.717) is 47.0 Å². The van der Waals surface area contributed by atoms with Crippen molar-refractivity contribution in [2.45, 2.75) is 27.1 Å². The van der Waals surface area contributed by atoms with Crippen LogP contribution in [0.5, 0.6) is 11.5 Å². The van der Waals surface area contributed by atoms with Crippen LogP contribution in [0.1, 0.15) is 45.7 Å². The average molecular weight is 572 g/mol. The molecule has 3 aromatic rings. The van der Waals surface area contributed by atoms with Crippen LogP contribution in [-0.4, -0.2) is 25.2 Å². The molecule has 3 aromatic carbocycles. The van der Waals surface area contributed by atoms with Crippen LogP contribution < -0.4 is 9.47 Å². The Morgan fingerprint density at radius 2 is 0.889 bits per heavy atom. The van der Waals surface area contributed by atoms with Gasteiger partial charge in [0.1, 0.15) is 24.7 Å². The lowest BCUT2D eigenvalue weighted by molar-refractivity contribution is 0.0516. The fraction of sp³-hybridized carbons (Fsp3) is 0.231. The first kappa shape index (κ1) is 27.9. The minimum atomic E-state index is -0.415. The first-order valence-corrected chi connectivity index (χ1v) is 12.4. The van der Waals surface area contributed by atoms with Gasteiger partial charge in [0.25, 0.3) is 0 Å². The molecule has 0 unspecified atom stereocenters. The number of halogens is 4. The largest absolute Gasteiger partial charge is 0.489 e. The molecule has 0 aromatic heterocycles. The smallest absolute Gasteiger partial charge is 0.338 e. The molecule has 0 heterocycles. The van der Waals surface area contributed by atoms with Gasteiger partial charge in [0, 0.05) is 11.1 Å². The summed E-state index contributed by atoms with van der Waals surface area (Å²) in [5.41, 5.74) is 1.63. The molecule has 0 amide bonds. The summed E-state index contributed by atoms with van der Waals surface area (Å²) in [4.78, 5) is 23.6. The SMILES string of the molecule is CCOC(=O)c1ccc(OCc2c(Cl)c(Cl)c(COc3ccc(C(=O)OCC)cc3)c(Cl)c2Cl)cc1. The van der Waals surface area contributed by atoms with Gasteiger partial charge in [0.2, 0.25) is 0 Å². The van der Waals surface area contributed by atoms with E-state index in [0.717, 1.165) is 0 Å². The number of ether oxygens (including phenoxy) is 4. The van der Waals surface area contributed by atoms with Gasteiger partial charge in [-0.1, -0.05) is 46.4 Å². The van der Waals surface area contributed by atoms with Gasteiger partial charge in [0.05, 0.1) is 44.4 Å². The van der Waals surface area contributed by atoms with Gasteiger partial charge in [0.15, 0.2) is 0 Å². The average Bonchev–Trinajstić information content (AvgIpc) is 2.88. The molecule has 0 aliphatic rings. The molecule has 0 saturated heterocycles. The maximum absolute atomic E-state index is 11.8. The predicted molar refractivity (Wildman–Crippen MR) is 140 cm³/mol. The Hall–Kier alpha value is -2.64. The molecule has 0 saturated carbocycles. The fourth-order valence-corrected chi connectivity index (χ4v) is 4.24. The van der Waals surface area contributed by atoms with Crippen molar-refractivity contribution < 1.29 is 28.5 Å². The zero-order valence-electron chi connectivity index (χ0n) is 19.4. The minimum absolute atomic E-state index is 0.00762. The number of hydrogen-bond acceptors (Lipinski definition) is 6. The maximum Gasteiger partial charge on any atom is 0.338 e. The van der Waals surface area contributed by atoms with Crippen LogP contribution in [0.3, 0.4) is 0 Å².